The van der Waals surface area contributed by atoms with Crippen LogP contribution in [0.15, 0.2) is 47.2 Å². The third-order valence-corrected chi connectivity index (χ3v) is 8.84. The third kappa shape index (κ3) is 1.37. The van der Waals surface area contributed by atoms with Crippen LogP contribution in [0.5, 0.6) is 0 Å². The summed E-state index contributed by atoms with van der Waals surface area (Å²) in [4.78, 5) is 0. The number of hydrogen-bond acceptors (Lipinski definition) is 4. The minimum Gasteiger partial charge on any atom is -0.142 e. The fraction of sp³-hybridized carbons (Fsp3) is 0. The van der Waals surface area contributed by atoms with Crippen molar-refractivity contribution in [1.29, 1.82) is 0 Å². The van der Waals surface area contributed by atoms with Crippen LogP contribution in [0.3, 0.4) is 0 Å². The van der Waals surface area contributed by atoms with Crippen LogP contribution in [0.1, 0.15) is 0 Å². The molecule has 0 saturated carbocycles. The largest absolute Gasteiger partial charge is 0.142 e. The second-order valence-corrected chi connectivity index (χ2v) is 9.35. The van der Waals surface area contributed by atoms with E-state index in [-0.39, 0.29) is 0 Å². The van der Waals surface area contributed by atoms with Crippen LogP contribution in [0.2, 0.25) is 0 Å². The van der Waals surface area contributed by atoms with Gasteiger partial charge in [0.2, 0.25) is 0 Å². The molecular weight excluding hydrogens is 344 g/mol. The van der Waals surface area contributed by atoms with E-state index in [1.807, 2.05) is 45.3 Å². The van der Waals surface area contributed by atoms with Gasteiger partial charge in [0.1, 0.15) is 0 Å². The molecule has 2 aromatic carbocycles. The molecular formula is C18H8S4. The smallest absolute Gasteiger partial charge is 0.0529 e. The van der Waals surface area contributed by atoms with E-state index in [1.165, 1.54) is 49.7 Å². The van der Waals surface area contributed by atoms with Crippen LogP contribution in [-0.4, -0.2) is 0 Å². The van der Waals surface area contributed by atoms with Crippen molar-refractivity contribution in [1.82, 2.24) is 0 Å². The highest BCUT2D eigenvalue weighted by molar-refractivity contribution is 7.33. The van der Waals surface area contributed by atoms with E-state index in [9.17, 15) is 0 Å². The lowest BCUT2D eigenvalue weighted by atomic mass is 10.1. The monoisotopic (exact) mass is 352 g/mol. The molecule has 0 atom stereocenters. The number of hydrogen-bond donors (Lipinski definition) is 0. The Balaban J connectivity index is 1.90. The molecule has 0 unspecified atom stereocenters. The minimum atomic E-state index is 1.41. The van der Waals surface area contributed by atoms with Gasteiger partial charge in [-0.3, -0.25) is 0 Å². The van der Waals surface area contributed by atoms with Gasteiger partial charge in [-0.2, -0.15) is 0 Å². The van der Waals surface area contributed by atoms with Crippen LogP contribution >= 0.6 is 45.3 Å². The Hall–Kier alpha value is -1.46. The average Bonchev–Trinajstić information content (AvgIpc) is 3.26. The minimum absolute atomic E-state index is 1.41. The molecule has 0 spiro atoms. The maximum absolute atomic E-state index is 2.33. The zero-order chi connectivity index (χ0) is 14.3. The van der Waals surface area contributed by atoms with Crippen molar-refractivity contribution in [2.45, 2.75) is 0 Å². The van der Waals surface area contributed by atoms with Crippen molar-refractivity contribution in [3.8, 4) is 0 Å². The number of thiophene rings is 4. The second-order valence-electron chi connectivity index (χ2n) is 5.41. The lowest BCUT2D eigenvalue weighted by Gasteiger charge is -2.01. The van der Waals surface area contributed by atoms with E-state index in [1.54, 1.807) is 0 Å². The van der Waals surface area contributed by atoms with Gasteiger partial charge in [0.05, 0.1) is 9.40 Å². The fourth-order valence-electron chi connectivity index (χ4n) is 3.30. The fourth-order valence-corrected chi connectivity index (χ4v) is 8.03. The molecule has 0 aliphatic carbocycles. The van der Waals surface area contributed by atoms with E-state index in [0.29, 0.717) is 0 Å². The van der Waals surface area contributed by atoms with Crippen molar-refractivity contribution >= 4 is 95.1 Å². The SMILES string of the molecule is c1cc2sc3c4ccc5c6sccc6sc5c4ccc3c2s1. The van der Waals surface area contributed by atoms with Gasteiger partial charge in [0.15, 0.2) is 0 Å². The number of benzene rings is 2. The first-order chi connectivity index (χ1) is 10.9. The molecule has 4 heteroatoms. The molecule has 0 N–H and O–H groups in total. The summed E-state index contributed by atoms with van der Waals surface area (Å²) in [5.41, 5.74) is 0. The number of fused-ring (bicyclic) bond motifs is 9. The molecule has 22 heavy (non-hydrogen) atoms. The highest BCUT2D eigenvalue weighted by Gasteiger charge is 2.13. The summed E-state index contributed by atoms with van der Waals surface area (Å²) in [5.74, 6) is 0. The van der Waals surface area contributed by atoms with Crippen LogP contribution in [-0.2, 0) is 0 Å². The van der Waals surface area contributed by atoms with Gasteiger partial charge in [-0.1, -0.05) is 24.3 Å². The quantitative estimate of drug-likeness (QED) is 0.263. The summed E-state index contributed by atoms with van der Waals surface area (Å²) in [7, 11) is 0. The summed E-state index contributed by atoms with van der Waals surface area (Å²) >= 11 is 7.58. The molecule has 4 heterocycles. The van der Waals surface area contributed by atoms with Crippen molar-refractivity contribution < 1.29 is 0 Å². The maximum Gasteiger partial charge on any atom is 0.0529 e. The molecule has 6 aromatic rings. The molecule has 0 saturated heterocycles. The van der Waals surface area contributed by atoms with Crippen LogP contribution in [0, 0.1) is 0 Å². The van der Waals surface area contributed by atoms with Gasteiger partial charge >= 0.3 is 0 Å². The Kier molecular flexibility index (Phi) is 2.23. The molecule has 0 aliphatic heterocycles. The second kappa shape index (κ2) is 4.09. The van der Waals surface area contributed by atoms with Gasteiger partial charge in [0, 0.05) is 40.3 Å². The molecule has 0 bridgehead atoms. The molecule has 0 aliphatic rings. The Labute approximate surface area is 141 Å². The van der Waals surface area contributed by atoms with Crippen molar-refractivity contribution in [3.63, 3.8) is 0 Å². The van der Waals surface area contributed by atoms with Crippen molar-refractivity contribution in [3.05, 3.63) is 47.2 Å². The molecule has 0 radical (unpaired) electrons. The van der Waals surface area contributed by atoms with Gasteiger partial charge in [-0.25, -0.2) is 0 Å². The summed E-state index contributed by atoms with van der Waals surface area (Å²) < 4.78 is 8.60. The molecule has 4 aromatic heterocycles. The van der Waals surface area contributed by atoms with Crippen LogP contribution < -0.4 is 0 Å². The number of rotatable bonds is 0. The Morgan fingerprint density at radius 1 is 0.455 bits per heavy atom. The van der Waals surface area contributed by atoms with E-state index < -0.39 is 0 Å². The van der Waals surface area contributed by atoms with Gasteiger partial charge < -0.3 is 0 Å². The topological polar surface area (TPSA) is 0 Å². The zero-order valence-corrected chi connectivity index (χ0v) is 14.5. The van der Waals surface area contributed by atoms with Crippen molar-refractivity contribution in [2.75, 3.05) is 0 Å². The van der Waals surface area contributed by atoms with E-state index >= 15 is 0 Å². The normalized spacial score (nSPS) is 12.5. The van der Waals surface area contributed by atoms with Gasteiger partial charge in [0.25, 0.3) is 0 Å². The van der Waals surface area contributed by atoms with E-state index in [4.69, 9.17) is 0 Å². The Bertz CT molecular complexity index is 1220. The van der Waals surface area contributed by atoms with E-state index in [2.05, 4.69) is 47.2 Å². The molecule has 104 valence electrons. The first kappa shape index (κ1) is 12.0. The van der Waals surface area contributed by atoms with E-state index in [0.717, 1.165) is 0 Å². The molecule has 0 nitrogen and oxygen atoms in total. The zero-order valence-electron chi connectivity index (χ0n) is 11.3. The van der Waals surface area contributed by atoms with Crippen LogP contribution in [0.25, 0.3) is 49.7 Å². The van der Waals surface area contributed by atoms with Gasteiger partial charge in [-0.05, 0) is 22.9 Å². The molecule has 0 fully saturated rings. The maximum atomic E-state index is 2.33. The predicted octanol–water partition coefficient (Wildman–Crippen LogP) is 7.70. The standard InChI is InChI=1S/C18H8S4/c1-3-11-16(22-13-5-7-19-17(11)13)10-2-4-12-15(9(1)10)21-14-6-8-20-18(12)14/h1-8H. The molecule has 0 amide bonds. The predicted molar refractivity (Wildman–Crippen MR) is 105 cm³/mol. The summed E-state index contributed by atoms with van der Waals surface area (Å²) in [6.07, 6.45) is 0. The first-order valence-electron chi connectivity index (χ1n) is 7.01. The van der Waals surface area contributed by atoms with Gasteiger partial charge in [-0.15, -0.1) is 45.3 Å². The Morgan fingerprint density at radius 2 is 0.909 bits per heavy atom. The lowest BCUT2D eigenvalue weighted by Crippen LogP contribution is -1.73. The summed E-state index contributed by atoms with van der Waals surface area (Å²) in [6, 6.07) is 13.8. The van der Waals surface area contributed by atoms with Crippen molar-refractivity contribution in [2.24, 2.45) is 0 Å². The lowest BCUT2D eigenvalue weighted by molar-refractivity contribution is 1.97. The first-order valence-corrected chi connectivity index (χ1v) is 10.4. The third-order valence-electron chi connectivity index (χ3n) is 4.27. The van der Waals surface area contributed by atoms with Crippen LogP contribution in [0.4, 0.5) is 0 Å². The summed E-state index contributed by atoms with van der Waals surface area (Å²) in [6.45, 7) is 0. The average molecular weight is 353 g/mol. The highest BCUT2D eigenvalue weighted by Crippen LogP contribution is 2.45. The summed E-state index contributed by atoms with van der Waals surface area (Å²) in [5, 5.41) is 10.0. The highest BCUT2D eigenvalue weighted by atomic mass is 32.1. The Morgan fingerprint density at radius 3 is 1.41 bits per heavy atom. The molecule has 6 rings (SSSR count).